The maximum absolute atomic E-state index is 6.20. The number of fused-ring (bicyclic) bond motifs is 5. The second-order valence-corrected chi connectivity index (χ2v) is 10.5. The molecule has 0 bridgehead atoms. The average Bonchev–Trinajstić information content (AvgIpc) is 3.14. The lowest BCUT2D eigenvalue weighted by Gasteiger charge is -2.30. The van der Waals surface area contributed by atoms with Crippen molar-refractivity contribution in [3.8, 4) is 11.1 Å². The maximum atomic E-state index is 6.20. The first-order valence-electron chi connectivity index (χ1n) is 12.8. The highest BCUT2D eigenvalue weighted by Crippen LogP contribution is 2.51. The molecule has 2 heteroatoms. The van der Waals surface area contributed by atoms with Crippen LogP contribution in [0.15, 0.2) is 121 Å². The van der Waals surface area contributed by atoms with Crippen LogP contribution in [0.2, 0.25) is 0 Å². The number of nitrogens with two attached hydrogens (primary N) is 1. The van der Waals surface area contributed by atoms with E-state index in [1.807, 2.05) is 6.07 Å². The molecule has 2 N–H and O–H groups in total. The Balaban J connectivity index is 1.52. The Bertz CT molecular complexity index is 1740. The molecule has 2 nitrogen and oxygen atoms in total. The third-order valence-corrected chi connectivity index (χ3v) is 7.96. The largest absolute Gasteiger partial charge is 0.399 e. The van der Waals surface area contributed by atoms with E-state index >= 15 is 0 Å². The van der Waals surface area contributed by atoms with Gasteiger partial charge in [-0.1, -0.05) is 98.8 Å². The van der Waals surface area contributed by atoms with Crippen LogP contribution in [0.25, 0.3) is 32.7 Å². The van der Waals surface area contributed by atoms with Crippen molar-refractivity contribution < 1.29 is 0 Å². The maximum Gasteiger partial charge on any atom is 0.0540 e. The lowest BCUT2D eigenvalue weighted by atomic mass is 9.82. The fraction of sp³-hybridized carbons (Fsp3) is 0.0857. The van der Waals surface area contributed by atoms with Crippen LogP contribution in [-0.4, -0.2) is 0 Å². The molecular formula is C35H28N2. The average molecular weight is 477 g/mol. The van der Waals surface area contributed by atoms with Gasteiger partial charge in [0.2, 0.25) is 0 Å². The van der Waals surface area contributed by atoms with Gasteiger partial charge < -0.3 is 10.6 Å². The predicted molar refractivity (Wildman–Crippen MR) is 158 cm³/mol. The zero-order chi connectivity index (χ0) is 25.1. The Morgan fingerprint density at radius 2 is 1.14 bits per heavy atom. The highest BCUT2D eigenvalue weighted by molar-refractivity contribution is 6.05. The summed E-state index contributed by atoms with van der Waals surface area (Å²) in [6, 6.07) is 43.7. The van der Waals surface area contributed by atoms with Crippen LogP contribution in [0.3, 0.4) is 0 Å². The molecule has 1 aliphatic rings. The van der Waals surface area contributed by atoms with Crippen LogP contribution < -0.4 is 10.6 Å². The molecule has 6 aromatic carbocycles. The van der Waals surface area contributed by atoms with Gasteiger partial charge in [0, 0.05) is 27.6 Å². The molecule has 0 saturated heterocycles. The van der Waals surface area contributed by atoms with E-state index in [9.17, 15) is 0 Å². The van der Waals surface area contributed by atoms with E-state index in [1.165, 1.54) is 55.2 Å². The summed E-state index contributed by atoms with van der Waals surface area (Å²) in [5.74, 6) is 0. The van der Waals surface area contributed by atoms with Crippen molar-refractivity contribution in [2.24, 2.45) is 0 Å². The number of nitrogens with zero attached hydrogens (tertiary/aromatic N) is 1. The molecule has 0 aliphatic heterocycles. The summed E-state index contributed by atoms with van der Waals surface area (Å²) in [6.45, 7) is 4.63. The number of rotatable bonds is 3. The number of anilines is 4. The van der Waals surface area contributed by atoms with Crippen molar-refractivity contribution >= 4 is 44.3 Å². The van der Waals surface area contributed by atoms with Crippen LogP contribution in [0.5, 0.6) is 0 Å². The van der Waals surface area contributed by atoms with Gasteiger partial charge in [-0.15, -0.1) is 0 Å². The zero-order valence-electron chi connectivity index (χ0n) is 21.1. The minimum Gasteiger partial charge on any atom is -0.399 e. The van der Waals surface area contributed by atoms with Gasteiger partial charge in [0.05, 0.1) is 11.4 Å². The molecule has 178 valence electrons. The van der Waals surface area contributed by atoms with Crippen molar-refractivity contribution in [3.05, 3.63) is 132 Å². The summed E-state index contributed by atoms with van der Waals surface area (Å²) in [5.41, 5.74) is 15.6. The van der Waals surface area contributed by atoms with E-state index in [2.05, 4.69) is 134 Å². The zero-order valence-corrected chi connectivity index (χ0v) is 21.1. The van der Waals surface area contributed by atoms with Crippen LogP contribution in [-0.2, 0) is 5.41 Å². The van der Waals surface area contributed by atoms with Crippen LogP contribution in [0.1, 0.15) is 25.0 Å². The van der Waals surface area contributed by atoms with Crippen molar-refractivity contribution in [2.75, 3.05) is 10.6 Å². The van der Waals surface area contributed by atoms with E-state index < -0.39 is 0 Å². The summed E-state index contributed by atoms with van der Waals surface area (Å²) >= 11 is 0. The van der Waals surface area contributed by atoms with Crippen LogP contribution in [0, 0.1) is 0 Å². The molecule has 0 heterocycles. The molecular weight excluding hydrogens is 448 g/mol. The predicted octanol–water partition coefficient (Wildman–Crippen LogP) is 9.35. The summed E-state index contributed by atoms with van der Waals surface area (Å²) in [4.78, 5) is 2.43. The Morgan fingerprint density at radius 1 is 0.541 bits per heavy atom. The first-order chi connectivity index (χ1) is 18.0. The van der Waals surface area contributed by atoms with Gasteiger partial charge in [-0.3, -0.25) is 0 Å². The van der Waals surface area contributed by atoms with Crippen molar-refractivity contribution in [3.63, 3.8) is 0 Å². The van der Waals surface area contributed by atoms with Gasteiger partial charge in [0.15, 0.2) is 0 Å². The topological polar surface area (TPSA) is 29.3 Å². The standard InChI is InChI=1S/C35H28N2/c1-35(2)31-20-17-25(36)21-30(31)29-19-18-26(22-32(29)35)37(33-15-7-11-23-9-3-5-13-27(23)33)34-16-8-12-24-10-4-6-14-28(24)34/h3-22H,36H2,1-2H3. The molecule has 1 aliphatic carbocycles. The van der Waals surface area contributed by atoms with E-state index in [0.29, 0.717) is 0 Å². The van der Waals surface area contributed by atoms with Crippen molar-refractivity contribution in [1.29, 1.82) is 0 Å². The van der Waals surface area contributed by atoms with Crippen molar-refractivity contribution in [2.45, 2.75) is 19.3 Å². The molecule has 37 heavy (non-hydrogen) atoms. The highest BCUT2D eigenvalue weighted by atomic mass is 15.1. The molecule has 6 aromatic rings. The highest BCUT2D eigenvalue weighted by Gasteiger charge is 2.36. The van der Waals surface area contributed by atoms with Gasteiger partial charge in [-0.05, 0) is 69.4 Å². The molecule has 0 radical (unpaired) electrons. The third kappa shape index (κ3) is 3.26. The molecule has 0 amide bonds. The summed E-state index contributed by atoms with van der Waals surface area (Å²) < 4.78 is 0. The number of hydrogen-bond donors (Lipinski definition) is 1. The normalized spacial score (nSPS) is 13.5. The number of benzene rings is 6. The lowest BCUT2D eigenvalue weighted by molar-refractivity contribution is 0.660. The minimum absolute atomic E-state index is 0.114. The first kappa shape index (κ1) is 21.7. The Morgan fingerprint density at radius 3 is 1.78 bits per heavy atom. The first-order valence-corrected chi connectivity index (χ1v) is 12.8. The van der Waals surface area contributed by atoms with E-state index in [1.54, 1.807) is 0 Å². The smallest absolute Gasteiger partial charge is 0.0540 e. The fourth-order valence-corrected chi connectivity index (χ4v) is 6.11. The molecule has 0 fully saturated rings. The summed E-state index contributed by atoms with van der Waals surface area (Å²) in [6.07, 6.45) is 0. The van der Waals surface area contributed by atoms with Gasteiger partial charge >= 0.3 is 0 Å². The van der Waals surface area contributed by atoms with Gasteiger partial charge in [0.25, 0.3) is 0 Å². The lowest BCUT2D eigenvalue weighted by Crippen LogP contribution is -2.17. The van der Waals surface area contributed by atoms with Crippen molar-refractivity contribution in [1.82, 2.24) is 0 Å². The summed E-state index contributed by atoms with van der Waals surface area (Å²) in [5, 5.41) is 4.92. The molecule has 0 unspecified atom stereocenters. The monoisotopic (exact) mass is 476 g/mol. The quantitative estimate of drug-likeness (QED) is 0.258. The Kier molecular flexibility index (Phi) is 4.68. The van der Waals surface area contributed by atoms with E-state index in [0.717, 1.165) is 11.4 Å². The van der Waals surface area contributed by atoms with Crippen LogP contribution in [0.4, 0.5) is 22.7 Å². The summed E-state index contributed by atoms with van der Waals surface area (Å²) in [7, 11) is 0. The SMILES string of the molecule is CC1(C)c2ccc(N)cc2-c2ccc(N(c3cccc4ccccc34)c3cccc4ccccc34)cc21. The van der Waals surface area contributed by atoms with Crippen LogP contribution >= 0.6 is 0 Å². The second-order valence-electron chi connectivity index (χ2n) is 10.5. The van der Waals surface area contributed by atoms with E-state index in [-0.39, 0.29) is 5.41 Å². The fourth-order valence-electron chi connectivity index (χ4n) is 6.11. The molecule has 0 spiro atoms. The Hall–Kier alpha value is -4.56. The Labute approximate surface area is 217 Å². The molecule has 0 saturated carbocycles. The molecule has 0 aromatic heterocycles. The van der Waals surface area contributed by atoms with Gasteiger partial charge in [0.1, 0.15) is 0 Å². The van der Waals surface area contributed by atoms with Gasteiger partial charge in [-0.25, -0.2) is 0 Å². The van der Waals surface area contributed by atoms with Gasteiger partial charge in [-0.2, -0.15) is 0 Å². The third-order valence-electron chi connectivity index (χ3n) is 7.96. The molecule has 7 rings (SSSR count). The minimum atomic E-state index is -0.114. The molecule has 0 atom stereocenters. The number of hydrogen-bond acceptors (Lipinski definition) is 2. The number of nitrogen functional groups attached to an aromatic ring is 1. The second kappa shape index (κ2) is 7.97. The van der Waals surface area contributed by atoms with E-state index in [4.69, 9.17) is 5.73 Å².